The van der Waals surface area contributed by atoms with Crippen LogP contribution in [-0.2, 0) is 6.42 Å². The Morgan fingerprint density at radius 1 is 1.41 bits per heavy atom. The number of hydrogen-bond acceptors (Lipinski definition) is 3. The average Bonchev–Trinajstić information content (AvgIpc) is 2.34. The molecule has 0 amide bonds. The molecule has 3 heteroatoms. The standard InChI is InChI=1S/C14H22N2O/c1-2-8-16-9-5-14(17,6-10-16)11-13-4-3-7-15-12-13/h3-4,7,12,17H,2,5-6,8-11H2,1H3. The van der Waals surface area contributed by atoms with Crippen LogP contribution in [0.5, 0.6) is 0 Å². The lowest BCUT2D eigenvalue weighted by Gasteiger charge is -2.38. The SMILES string of the molecule is CCCN1CCC(O)(Cc2cccnc2)CC1. The normalized spacial score (nSPS) is 20.4. The van der Waals surface area contributed by atoms with Crippen LogP contribution in [0.3, 0.4) is 0 Å². The minimum atomic E-state index is -0.521. The monoisotopic (exact) mass is 234 g/mol. The Hall–Kier alpha value is -0.930. The second-order valence-corrected chi connectivity index (χ2v) is 5.10. The third kappa shape index (κ3) is 3.51. The van der Waals surface area contributed by atoms with Crippen LogP contribution in [0, 0.1) is 0 Å². The summed E-state index contributed by atoms with van der Waals surface area (Å²) < 4.78 is 0. The predicted octanol–water partition coefficient (Wildman–Crippen LogP) is 1.86. The fraction of sp³-hybridized carbons (Fsp3) is 0.643. The first-order valence-corrected chi connectivity index (χ1v) is 6.55. The summed E-state index contributed by atoms with van der Waals surface area (Å²) in [5, 5.41) is 10.6. The summed E-state index contributed by atoms with van der Waals surface area (Å²) in [6, 6.07) is 3.98. The largest absolute Gasteiger partial charge is 0.389 e. The molecule has 1 saturated heterocycles. The van der Waals surface area contributed by atoms with Gasteiger partial charge in [-0.15, -0.1) is 0 Å². The maximum absolute atomic E-state index is 10.6. The van der Waals surface area contributed by atoms with E-state index in [9.17, 15) is 5.11 Å². The smallest absolute Gasteiger partial charge is 0.0712 e. The van der Waals surface area contributed by atoms with Crippen LogP contribution in [0.2, 0.25) is 0 Å². The highest BCUT2D eigenvalue weighted by Crippen LogP contribution is 2.26. The summed E-state index contributed by atoms with van der Waals surface area (Å²) in [6.45, 7) is 5.40. The molecule has 1 N–H and O–H groups in total. The van der Waals surface area contributed by atoms with Crippen LogP contribution in [0.15, 0.2) is 24.5 Å². The zero-order chi connectivity index (χ0) is 12.1. The molecule has 0 unspecified atom stereocenters. The summed E-state index contributed by atoms with van der Waals surface area (Å²) in [5.41, 5.74) is 0.617. The van der Waals surface area contributed by atoms with Crippen LogP contribution >= 0.6 is 0 Å². The Balaban J connectivity index is 1.89. The quantitative estimate of drug-likeness (QED) is 0.864. The maximum atomic E-state index is 10.6. The van der Waals surface area contributed by atoms with Gasteiger partial charge in [0.05, 0.1) is 5.60 Å². The van der Waals surface area contributed by atoms with E-state index in [1.165, 1.54) is 6.42 Å². The van der Waals surface area contributed by atoms with E-state index in [2.05, 4.69) is 16.8 Å². The van der Waals surface area contributed by atoms with E-state index >= 15 is 0 Å². The Bertz CT molecular complexity index is 331. The lowest BCUT2D eigenvalue weighted by atomic mass is 9.86. The van der Waals surface area contributed by atoms with E-state index in [1.807, 2.05) is 18.3 Å². The van der Waals surface area contributed by atoms with Gasteiger partial charge in [0.1, 0.15) is 0 Å². The van der Waals surface area contributed by atoms with Gasteiger partial charge in [-0.1, -0.05) is 13.0 Å². The summed E-state index contributed by atoms with van der Waals surface area (Å²) in [7, 11) is 0. The maximum Gasteiger partial charge on any atom is 0.0712 e. The second-order valence-electron chi connectivity index (χ2n) is 5.10. The molecular formula is C14H22N2O. The molecule has 0 aromatic carbocycles. The van der Waals surface area contributed by atoms with Crippen molar-refractivity contribution in [2.24, 2.45) is 0 Å². The fourth-order valence-electron chi connectivity index (χ4n) is 2.57. The highest BCUT2D eigenvalue weighted by Gasteiger charge is 2.31. The summed E-state index contributed by atoms with van der Waals surface area (Å²) >= 11 is 0. The molecule has 0 radical (unpaired) electrons. The van der Waals surface area contributed by atoms with E-state index < -0.39 is 5.60 Å². The molecule has 0 aliphatic carbocycles. The highest BCUT2D eigenvalue weighted by atomic mass is 16.3. The predicted molar refractivity (Wildman–Crippen MR) is 68.9 cm³/mol. The van der Waals surface area contributed by atoms with E-state index in [-0.39, 0.29) is 0 Å². The minimum Gasteiger partial charge on any atom is -0.389 e. The van der Waals surface area contributed by atoms with Crippen molar-refractivity contribution in [2.45, 2.75) is 38.2 Å². The van der Waals surface area contributed by atoms with Crippen LogP contribution in [0.4, 0.5) is 0 Å². The molecule has 0 atom stereocenters. The van der Waals surface area contributed by atoms with Gasteiger partial charge in [-0.3, -0.25) is 4.98 Å². The number of pyridine rings is 1. The number of nitrogens with zero attached hydrogens (tertiary/aromatic N) is 2. The lowest BCUT2D eigenvalue weighted by molar-refractivity contribution is -0.0205. The van der Waals surface area contributed by atoms with Crippen molar-refractivity contribution in [3.8, 4) is 0 Å². The van der Waals surface area contributed by atoms with Gasteiger partial charge in [-0.05, 0) is 37.4 Å². The number of aromatic nitrogens is 1. The number of piperidine rings is 1. The van der Waals surface area contributed by atoms with Crippen molar-refractivity contribution >= 4 is 0 Å². The molecule has 1 aliphatic rings. The average molecular weight is 234 g/mol. The third-order valence-electron chi connectivity index (χ3n) is 3.58. The van der Waals surface area contributed by atoms with Gasteiger partial charge in [0.25, 0.3) is 0 Å². The molecule has 94 valence electrons. The number of likely N-dealkylation sites (tertiary alicyclic amines) is 1. The van der Waals surface area contributed by atoms with E-state index in [1.54, 1.807) is 6.20 Å². The molecule has 3 nitrogen and oxygen atoms in total. The van der Waals surface area contributed by atoms with E-state index in [4.69, 9.17) is 0 Å². The Morgan fingerprint density at radius 2 is 2.18 bits per heavy atom. The number of aliphatic hydroxyl groups is 1. The van der Waals surface area contributed by atoms with Gasteiger partial charge in [0.15, 0.2) is 0 Å². The third-order valence-corrected chi connectivity index (χ3v) is 3.58. The van der Waals surface area contributed by atoms with Crippen molar-refractivity contribution in [3.63, 3.8) is 0 Å². The summed E-state index contributed by atoms with van der Waals surface area (Å²) in [5.74, 6) is 0. The minimum absolute atomic E-state index is 0.521. The van der Waals surface area contributed by atoms with Gasteiger partial charge in [0, 0.05) is 31.9 Å². The van der Waals surface area contributed by atoms with Gasteiger partial charge in [-0.2, -0.15) is 0 Å². The summed E-state index contributed by atoms with van der Waals surface area (Å²) in [6.07, 6.45) is 7.32. The number of hydrogen-bond donors (Lipinski definition) is 1. The van der Waals surface area contributed by atoms with Crippen molar-refractivity contribution in [1.29, 1.82) is 0 Å². The molecule has 1 aromatic rings. The Morgan fingerprint density at radius 3 is 2.76 bits per heavy atom. The fourth-order valence-corrected chi connectivity index (χ4v) is 2.57. The Labute approximate surface area is 103 Å². The lowest BCUT2D eigenvalue weighted by Crippen LogP contribution is -2.45. The van der Waals surface area contributed by atoms with Crippen LogP contribution in [-0.4, -0.2) is 40.2 Å². The van der Waals surface area contributed by atoms with Crippen molar-refractivity contribution in [3.05, 3.63) is 30.1 Å². The first kappa shape index (κ1) is 12.5. The van der Waals surface area contributed by atoms with E-state index in [0.717, 1.165) is 44.5 Å². The molecule has 17 heavy (non-hydrogen) atoms. The van der Waals surface area contributed by atoms with Crippen LogP contribution < -0.4 is 0 Å². The van der Waals surface area contributed by atoms with E-state index in [0.29, 0.717) is 0 Å². The zero-order valence-corrected chi connectivity index (χ0v) is 10.6. The zero-order valence-electron chi connectivity index (χ0n) is 10.6. The topological polar surface area (TPSA) is 36.4 Å². The van der Waals surface area contributed by atoms with Crippen LogP contribution in [0.1, 0.15) is 31.7 Å². The highest BCUT2D eigenvalue weighted by molar-refractivity contribution is 5.12. The summed E-state index contributed by atoms with van der Waals surface area (Å²) in [4.78, 5) is 6.55. The molecule has 1 aliphatic heterocycles. The van der Waals surface area contributed by atoms with Crippen molar-refractivity contribution in [1.82, 2.24) is 9.88 Å². The Kier molecular flexibility index (Phi) is 4.13. The molecule has 0 spiro atoms. The molecule has 2 heterocycles. The van der Waals surface area contributed by atoms with Crippen LogP contribution in [0.25, 0.3) is 0 Å². The van der Waals surface area contributed by atoms with Crippen molar-refractivity contribution < 1.29 is 5.11 Å². The molecule has 0 saturated carbocycles. The van der Waals surface area contributed by atoms with Gasteiger partial charge < -0.3 is 10.0 Å². The first-order chi connectivity index (χ1) is 8.22. The molecule has 2 rings (SSSR count). The number of rotatable bonds is 4. The second kappa shape index (κ2) is 5.61. The molecular weight excluding hydrogens is 212 g/mol. The molecule has 0 bridgehead atoms. The molecule has 1 fully saturated rings. The molecule has 1 aromatic heterocycles. The van der Waals surface area contributed by atoms with Gasteiger partial charge in [0.2, 0.25) is 0 Å². The first-order valence-electron chi connectivity index (χ1n) is 6.55. The van der Waals surface area contributed by atoms with Gasteiger partial charge in [-0.25, -0.2) is 0 Å². The van der Waals surface area contributed by atoms with Gasteiger partial charge >= 0.3 is 0 Å². The van der Waals surface area contributed by atoms with Crippen molar-refractivity contribution in [2.75, 3.05) is 19.6 Å².